The highest BCUT2D eigenvalue weighted by molar-refractivity contribution is 5.93. The van der Waals surface area contributed by atoms with Gasteiger partial charge in [0.25, 0.3) is 0 Å². The monoisotopic (exact) mass is 339 g/mol. The average Bonchev–Trinajstić information content (AvgIpc) is 2.64. The number of aryl methyl sites for hydroxylation is 1. The summed E-state index contributed by atoms with van der Waals surface area (Å²) in [5, 5.41) is 5.90. The number of urea groups is 1. The van der Waals surface area contributed by atoms with E-state index in [2.05, 4.69) is 46.7 Å². The molecule has 0 aliphatic carbocycles. The van der Waals surface area contributed by atoms with Crippen LogP contribution in [0.25, 0.3) is 0 Å². The molecule has 5 heteroatoms. The second-order valence-electron chi connectivity index (χ2n) is 6.23. The Balaban J connectivity index is 1.53. The second kappa shape index (κ2) is 8.53. The number of ether oxygens (including phenoxy) is 1. The minimum atomic E-state index is -0.173. The standard InChI is InChI=1S/C20H25N3O2/c1-16-6-8-17(9-7-16)10-11-21-20(24)22-18-4-2-3-5-19(18)23-12-14-25-15-13-23/h2-9H,10-15H2,1H3,(H2,21,22,24). The van der Waals surface area contributed by atoms with Gasteiger partial charge in [-0.3, -0.25) is 0 Å². The molecule has 3 rings (SSSR count). The number of nitrogens with zero attached hydrogens (tertiary/aromatic N) is 1. The van der Waals surface area contributed by atoms with Crippen LogP contribution in [0.5, 0.6) is 0 Å². The number of rotatable bonds is 5. The molecule has 1 aliphatic heterocycles. The molecule has 0 unspecified atom stereocenters. The summed E-state index contributed by atoms with van der Waals surface area (Å²) >= 11 is 0. The number of carbonyl (C=O) groups is 1. The first-order valence-corrected chi connectivity index (χ1v) is 8.74. The molecule has 5 nitrogen and oxygen atoms in total. The molecule has 0 aromatic heterocycles. The second-order valence-corrected chi connectivity index (χ2v) is 6.23. The summed E-state index contributed by atoms with van der Waals surface area (Å²) in [7, 11) is 0. The van der Waals surface area contributed by atoms with Crippen LogP contribution in [0.2, 0.25) is 0 Å². The summed E-state index contributed by atoms with van der Waals surface area (Å²) in [6.07, 6.45) is 0.818. The van der Waals surface area contributed by atoms with Crippen LogP contribution in [0.1, 0.15) is 11.1 Å². The average molecular weight is 339 g/mol. The summed E-state index contributed by atoms with van der Waals surface area (Å²) in [5.74, 6) is 0. The van der Waals surface area contributed by atoms with Gasteiger partial charge in [-0.2, -0.15) is 0 Å². The van der Waals surface area contributed by atoms with Crippen molar-refractivity contribution in [3.05, 3.63) is 59.7 Å². The lowest BCUT2D eigenvalue weighted by atomic mass is 10.1. The maximum absolute atomic E-state index is 12.2. The Hall–Kier alpha value is -2.53. The fourth-order valence-electron chi connectivity index (χ4n) is 2.90. The maximum Gasteiger partial charge on any atom is 0.319 e. The van der Waals surface area contributed by atoms with Gasteiger partial charge in [0.05, 0.1) is 24.6 Å². The highest BCUT2D eigenvalue weighted by atomic mass is 16.5. The lowest BCUT2D eigenvalue weighted by Crippen LogP contribution is -2.37. The molecule has 25 heavy (non-hydrogen) atoms. The number of carbonyl (C=O) groups excluding carboxylic acids is 1. The molecule has 0 bridgehead atoms. The van der Waals surface area contributed by atoms with E-state index < -0.39 is 0 Å². The molecule has 2 N–H and O–H groups in total. The van der Waals surface area contributed by atoms with Crippen LogP contribution >= 0.6 is 0 Å². The first-order valence-electron chi connectivity index (χ1n) is 8.74. The molecule has 1 aliphatic rings. The fraction of sp³-hybridized carbons (Fsp3) is 0.350. The predicted molar refractivity (Wildman–Crippen MR) is 101 cm³/mol. The Morgan fingerprint density at radius 2 is 1.80 bits per heavy atom. The van der Waals surface area contributed by atoms with Gasteiger partial charge in [0.2, 0.25) is 0 Å². The third-order valence-electron chi connectivity index (χ3n) is 4.32. The van der Waals surface area contributed by atoms with E-state index in [-0.39, 0.29) is 6.03 Å². The molecule has 2 aromatic rings. The topological polar surface area (TPSA) is 53.6 Å². The summed E-state index contributed by atoms with van der Waals surface area (Å²) in [6.45, 7) is 5.80. The minimum absolute atomic E-state index is 0.173. The third kappa shape index (κ3) is 4.97. The Morgan fingerprint density at radius 1 is 1.08 bits per heavy atom. The van der Waals surface area contributed by atoms with Gasteiger partial charge >= 0.3 is 6.03 Å². The van der Waals surface area contributed by atoms with Crippen molar-refractivity contribution >= 4 is 17.4 Å². The normalized spacial score (nSPS) is 14.2. The number of amides is 2. The van der Waals surface area contributed by atoms with Crippen LogP contribution in [0.4, 0.5) is 16.2 Å². The molecule has 2 aromatic carbocycles. The molecule has 0 saturated carbocycles. The van der Waals surface area contributed by atoms with Crippen molar-refractivity contribution in [3.63, 3.8) is 0 Å². The minimum Gasteiger partial charge on any atom is -0.378 e. The van der Waals surface area contributed by atoms with E-state index in [1.54, 1.807) is 0 Å². The maximum atomic E-state index is 12.2. The number of anilines is 2. The number of hydrogen-bond acceptors (Lipinski definition) is 3. The van der Waals surface area contributed by atoms with Crippen molar-refractivity contribution in [2.75, 3.05) is 43.1 Å². The molecule has 0 atom stereocenters. The molecule has 2 amide bonds. The van der Waals surface area contributed by atoms with E-state index in [1.807, 2.05) is 24.3 Å². The van der Waals surface area contributed by atoms with Crippen LogP contribution < -0.4 is 15.5 Å². The quantitative estimate of drug-likeness (QED) is 0.879. The molecular formula is C20H25N3O2. The van der Waals surface area contributed by atoms with Crippen LogP contribution in [-0.2, 0) is 11.2 Å². The lowest BCUT2D eigenvalue weighted by Gasteiger charge is -2.30. The fourth-order valence-corrected chi connectivity index (χ4v) is 2.90. The predicted octanol–water partition coefficient (Wildman–Crippen LogP) is 3.20. The van der Waals surface area contributed by atoms with Crippen molar-refractivity contribution in [2.24, 2.45) is 0 Å². The Labute approximate surface area is 149 Å². The summed E-state index contributed by atoms with van der Waals surface area (Å²) in [5.41, 5.74) is 4.34. The number of para-hydroxylation sites is 2. The van der Waals surface area contributed by atoms with E-state index >= 15 is 0 Å². The van der Waals surface area contributed by atoms with Crippen molar-refractivity contribution in [1.29, 1.82) is 0 Å². The van der Waals surface area contributed by atoms with Crippen LogP contribution in [0.15, 0.2) is 48.5 Å². The molecule has 132 valence electrons. The van der Waals surface area contributed by atoms with Crippen LogP contribution in [0.3, 0.4) is 0 Å². The highest BCUT2D eigenvalue weighted by Gasteiger charge is 2.15. The number of hydrogen-bond donors (Lipinski definition) is 2. The number of benzene rings is 2. The van der Waals surface area contributed by atoms with E-state index in [0.29, 0.717) is 6.54 Å². The molecule has 0 radical (unpaired) electrons. The van der Waals surface area contributed by atoms with Crippen molar-refractivity contribution in [2.45, 2.75) is 13.3 Å². The van der Waals surface area contributed by atoms with Gasteiger partial charge in [-0.25, -0.2) is 4.79 Å². The van der Waals surface area contributed by atoms with E-state index in [1.165, 1.54) is 11.1 Å². The van der Waals surface area contributed by atoms with Gasteiger partial charge < -0.3 is 20.3 Å². The van der Waals surface area contributed by atoms with Crippen molar-refractivity contribution in [3.8, 4) is 0 Å². The van der Waals surface area contributed by atoms with Gasteiger partial charge in [0.15, 0.2) is 0 Å². The van der Waals surface area contributed by atoms with Crippen LogP contribution in [-0.4, -0.2) is 38.9 Å². The van der Waals surface area contributed by atoms with E-state index in [0.717, 1.165) is 44.1 Å². The Bertz CT molecular complexity index is 694. The summed E-state index contributed by atoms with van der Waals surface area (Å²) in [6, 6.07) is 16.1. The zero-order valence-electron chi connectivity index (χ0n) is 14.6. The number of morpholine rings is 1. The highest BCUT2D eigenvalue weighted by Crippen LogP contribution is 2.26. The molecule has 1 heterocycles. The zero-order valence-corrected chi connectivity index (χ0v) is 14.6. The SMILES string of the molecule is Cc1ccc(CCNC(=O)Nc2ccccc2N2CCOCC2)cc1. The van der Waals surface area contributed by atoms with E-state index in [4.69, 9.17) is 4.74 Å². The van der Waals surface area contributed by atoms with Gasteiger partial charge in [-0.1, -0.05) is 42.0 Å². The third-order valence-corrected chi connectivity index (χ3v) is 4.32. The first kappa shape index (κ1) is 17.3. The van der Waals surface area contributed by atoms with Gasteiger partial charge in [0.1, 0.15) is 0 Å². The Kier molecular flexibility index (Phi) is 5.90. The molecular weight excluding hydrogens is 314 g/mol. The van der Waals surface area contributed by atoms with Crippen molar-refractivity contribution in [1.82, 2.24) is 5.32 Å². The van der Waals surface area contributed by atoms with Crippen molar-refractivity contribution < 1.29 is 9.53 Å². The van der Waals surface area contributed by atoms with Crippen LogP contribution in [0, 0.1) is 6.92 Å². The lowest BCUT2D eigenvalue weighted by molar-refractivity contribution is 0.123. The van der Waals surface area contributed by atoms with E-state index in [9.17, 15) is 4.79 Å². The summed E-state index contributed by atoms with van der Waals surface area (Å²) in [4.78, 5) is 14.5. The molecule has 1 saturated heterocycles. The smallest absolute Gasteiger partial charge is 0.319 e. The van der Waals surface area contributed by atoms with Gasteiger partial charge in [-0.15, -0.1) is 0 Å². The van der Waals surface area contributed by atoms with Gasteiger partial charge in [-0.05, 0) is 31.0 Å². The first-order chi connectivity index (χ1) is 12.2. The molecule has 1 fully saturated rings. The Morgan fingerprint density at radius 3 is 2.56 bits per heavy atom. The summed E-state index contributed by atoms with van der Waals surface area (Å²) < 4.78 is 5.40. The largest absolute Gasteiger partial charge is 0.378 e. The molecule has 0 spiro atoms. The number of nitrogens with one attached hydrogen (secondary N) is 2. The van der Waals surface area contributed by atoms with Gasteiger partial charge in [0, 0.05) is 19.6 Å². The zero-order chi connectivity index (χ0) is 17.5.